The van der Waals surface area contributed by atoms with Crippen molar-refractivity contribution in [2.24, 2.45) is 0 Å². The van der Waals surface area contributed by atoms with E-state index in [1.54, 1.807) is 26.2 Å². The van der Waals surface area contributed by atoms with E-state index in [0.717, 1.165) is 15.9 Å². The average Bonchev–Trinajstić information content (AvgIpc) is 2.50. The van der Waals surface area contributed by atoms with E-state index in [2.05, 4.69) is 26.2 Å². The molecule has 0 radical (unpaired) electrons. The van der Waals surface area contributed by atoms with E-state index >= 15 is 0 Å². The molecule has 0 aliphatic rings. The van der Waals surface area contributed by atoms with Crippen molar-refractivity contribution in [1.82, 2.24) is 4.98 Å². The lowest BCUT2D eigenvalue weighted by atomic mass is 10.2. The Kier molecular flexibility index (Phi) is 5.16. The molecule has 6 heteroatoms. The van der Waals surface area contributed by atoms with E-state index in [0.29, 0.717) is 18.0 Å². The summed E-state index contributed by atoms with van der Waals surface area (Å²) >= 11 is 3.46. The van der Waals surface area contributed by atoms with Crippen molar-refractivity contribution in [3.63, 3.8) is 0 Å². The molecule has 0 fully saturated rings. The van der Waals surface area contributed by atoms with Crippen LogP contribution in [0.2, 0.25) is 0 Å². The molecule has 0 bridgehead atoms. The zero-order valence-corrected chi connectivity index (χ0v) is 13.3. The van der Waals surface area contributed by atoms with Crippen LogP contribution >= 0.6 is 15.9 Å². The molecule has 5 nitrogen and oxygen atoms in total. The molecular formula is C15H15BrN2O3. The molecule has 2 aromatic rings. The van der Waals surface area contributed by atoms with Crippen molar-refractivity contribution < 1.29 is 14.3 Å². The van der Waals surface area contributed by atoms with Crippen LogP contribution in [-0.4, -0.2) is 24.7 Å². The van der Waals surface area contributed by atoms with Crippen molar-refractivity contribution in [3.8, 4) is 5.75 Å². The van der Waals surface area contributed by atoms with Crippen molar-refractivity contribution >= 4 is 33.4 Å². The van der Waals surface area contributed by atoms with Crippen LogP contribution in [0.1, 0.15) is 17.3 Å². The Balaban J connectivity index is 2.15. The predicted molar refractivity (Wildman–Crippen MR) is 84.2 cm³/mol. The lowest BCUT2D eigenvalue weighted by Crippen LogP contribution is -2.05. The number of carbonyl (C=O) groups is 1. The Morgan fingerprint density at radius 2 is 2.14 bits per heavy atom. The van der Waals surface area contributed by atoms with Crippen molar-refractivity contribution in [2.75, 3.05) is 19.0 Å². The quantitative estimate of drug-likeness (QED) is 0.831. The first-order chi connectivity index (χ1) is 10.1. The third-order valence-corrected chi connectivity index (χ3v) is 3.40. The molecule has 1 aromatic carbocycles. The van der Waals surface area contributed by atoms with Gasteiger partial charge in [0.25, 0.3) is 0 Å². The maximum atomic E-state index is 11.5. The first kappa shape index (κ1) is 15.3. The lowest BCUT2D eigenvalue weighted by Gasteiger charge is -2.10. The summed E-state index contributed by atoms with van der Waals surface area (Å²) in [6.45, 7) is 2.11. The van der Waals surface area contributed by atoms with Gasteiger partial charge in [-0.1, -0.05) is 0 Å². The van der Waals surface area contributed by atoms with E-state index in [9.17, 15) is 4.79 Å². The Morgan fingerprint density at radius 1 is 1.33 bits per heavy atom. The van der Waals surface area contributed by atoms with Gasteiger partial charge in [0.2, 0.25) is 0 Å². The minimum absolute atomic E-state index is 0.343. The molecule has 21 heavy (non-hydrogen) atoms. The van der Waals surface area contributed by atoms with Gasteiger partial charge in [-0.05, 0) is 47.1 Å². The number of rotatable bonds is 5. The standard InChI is InChI=1S/C15H15BrN2O3/c1-3-21-15(19)10-4-7-14(17-9-10)18-13-8-11(20-2)5-6-12(13)16/h4-9H,3H2,1-2H3,(H,17,18). The summed E-state index contributed by atoms with van der Waals surface area (Å²) in [6, 6.07) is 8.98. The number of methoxy groups -OCH3 is 1. The topological polar surface area (TPSA) is 60.5 Å². The molecular weight excluding hydrogens is 336 g/mol. The third kappa shape index (κ3) is 3.95. The van der Waals surface area contributed by atoms with E-state index < -0.39 is 0 Å². The highest BCUT2D eigenvalue weighted by Crippen LogP contribution is 2.29. The van der Waals surface area contributed by atoms with Crippen LogP contribution in [0.3, 0.4) is 0 Å². The second-order valence-electron chi connectivity index (χ2n) is 4.12. The fourth-order valence-corrected chi connectivity index (χ4v) is 2.01. The summed E-state index contributed by atoms with van der Waals surface area (Å²) in [7, 11) is 1.61. The molecule has 0 saturated carbocycles. The predicted octanol–water partition coefficient (Wildman–Crippen LogP) is 3.77. The van der Waals surface area contributed by atoms with Crippen LogP contribution in [0.5, 0.6) is 5.75 Å². The fraction of sp³-hybridized carbons (Fsp3) is 0.200. The Labute approximate surface area is 131 Å². The Morgan fingerprint density at radius 3 is 2.76 bits per heavy atom. The molecule has 1 N–H and O–H groups in total. The van der Waals surface area contributed by atoms with Gasteiger partial charge >= 0.3 is 5.97 Å². The minimum Gasteiger partial charge on any atom is -0.497 e. The van der Waals surface area contributed by atoms with Crippen LogP contribution in [0, 0.1) is 0 Å². The maximum Gasteiger partial charge on any atom is 0.339 e. The molecule has 0 aliphatic heterocycles. The normalized spacial score (nSPS) is 10.0. The van der Waals surface area contributed by atoms with Crippen LogP contribution in [0.25, 0.3) is 0 Å². The number of nitrogens with one attached hydrogen (secondary N) is 1. The number of halogens is 1. The molecule has 110 valence electrons. The number of ether oxygens (including phenoxy) is 2. The van der Waals surface area contributed by atoms with E-state index in [1.165, 1.54) is 6.20 Å². The van der Waals surface area contributed by atoms with Crippen molar-refractivity contribution in [3.05, 3.63) is 46.6 Å². The highest BCUT2D eigenvalue weighted by atomic mass is 79.9. The second-order valence-corrected chi connectivity index (χ2v) is 4.98. The van der Waals surface area contributed by atoms with Crippen molar-refractivity contribution in [1.29, 1.82) is 0 Å². The molecule has 0 atom stereocenters. The van der Waals surface area contributed by atoms with Gasteiger partial charge in [0.1, 0.15) is 11.6 Å². The summed E-state index contributed by atoms with van der Waals surface area (Å²) < 4.78 is 11.0. The third-order valence-electron chi connectivity index (χ3n) is 2.71. The molecule has 0 unspecified atom stereocenters. The number of nitrogens with zero attached hydrogens (tertiary/aromatic N) is 1. The van der Waals surface area contributed by atoms with Gasteiger partial charge in [-0.15, -0.1) is 0 Å². The smallest absolute Gasteiger partial charge is 0.339 e. The average molecular weight is 351 g/mol. The monoisotopic (exact) mass is 350 g/mol. The zero-order chi connectivity index (χ0) is 15.2. The van der Waals surface area contributed by atoms with Crippen LogP contribution in [0.15, 0.2) is 41.0 Å². The number of benzene rings is 1. The molecule has 1 aromatic heterocycles. The summed E-state index contributed by atoms with van der Waals surface area (Å²) in [5.41, 5.74) is 1.25. The first-order valence-corrected chi connectivity index (χ1v) is 7.17. The van der Waals surface area contributed by atoms with Gasteiger partial charge in [-0.25, -0.2) is 9.78 Å². The summed E-state index contributed by atoms with van der Waals surface area (Å²) in [4.78, 5) is 15.7. The molecule has 0 saturated heterocycles. The van der Waals surface area contributed by atoms with Gasteiger partial charge in [0, 0.05) is 16.7 Å². The zero-order valence-electron chi connectivity index (χ0n) is 11.7. The van der Waals surface area contributed by atoms with Gasteiger partial charge < -0.3 is 14.8 Å². The molecule has 0 spiro atoms. The lowest BCUT2D eigenvalue weighted by molar-refractivity contribution is 0.0526. The maximum absolute atomic E-state index is 11.5. The van der Waals surface area contributed by atoms with Gasteiger partial charge in [0.05, 0.1) is 25.0 Å². The molecule has 1 heterocycles. The Bertz CT molecular complexity index is 629. The van der Waals surface area contributed by atoms with Gasteiger partial charge in [0.15, 0.2) is 0 Å². The van der Waals surface area contributed by atoms with Crippen LogP contribution in [-0.2, 0) is 4.74 Å². The summed E-state index contributed by atoms with van der Waals surface area (Å²) in [5.74, 6) is 0.986. The van der Waals surface area contributed by atoms with Crippen LogP contribution in [0.4, 0.5) is 11.5 Å². The van der Waals surface area contributed by atoms with Gasteiger partial charge in [-0.3, -0.25) is 0 Å². The number of carbonyl (C=O) groups excluding carboxylic acids is 1. The SMILES string of the molecule is CCOC(=O)c1ccc(Nc2cc(OC)ccc2Br)nc1. The Hall–Kier alpha value is -2.08. The highest BCUT2D eigenvalue weighted by Gasteiger charge is 2.08. The minimum atomic E-state index is -0.376. The van der Waals surface area contributed by atoms with E-state index in [1.807, 2.05) is 18.2 Å². The van der Waals surface area contributed by atoms with Gasteiger partial charge in [-0.2, -0.15) is 0 Å². The second kappa shape index (κ2) is 7.08. The number of pyridine rings is 1. The first-order valence-electron chi connectivity index (χ1n) is 6.37. The van der Waals surface area contributed by atoms with Crippen LogP contribution < -0.4 is 10.1 Å². The number of esters is 1. The molecule has 0 amide bonds. The highest BCUT2D eigenvalue weighted by molar-refractivity contribution is 9.10. The van der Waals surface area contributed by atoms with Crippen molar-refractivity contribution in [2.45, 2.75) is 6.92 Å². The van der Waals surface area contributed by atoms with E-state index in [-0.39, 0.29) is 5.97 Å². The molecule has 0 aliphatic carbocycles. The molecule has 2 rings (SSSR count). The van der Waals surface area contributed by atoms with E-state index in [4.69, 9.17) is 9.47 Å². The fourth-order valence-electron chi connectivity index (χ4n) is 1.67. The number of hydrogen-bond acceptors (Lipinski definition) is 5. The number of anilines is 2. The summed E-state index contributed by atoms with van der Waals surface area (Å²) in [5, 5.41) is 3.15. The largest absolute Gasteiger partial charge is 0.497 e. The number of aromatic nitrogens is 1. The summed E-state index contributed by atoms with van der Waals surface area (Å²) in [6.07, 6.45) is 1.48. The number of hydrogen-bond donors (Lipinski definition) is 1.